The van der Waals surface area contributed by atoms with Gasteiger partial charge >= 0.3 is 11.9 Å². The van der Waals surface area contributed by atoms with Gasteiger partial charge in [-0.15, -0.1) is 0 Å². The first-order valence-electron chi connectivity index (χ1n) is 23.8. The highest BCUT2D eigenvalue weighted by atomic mass is 16.6. The Bertz CT molecular complexity index is 977. The molecule has 0 saturated carbocycles. The van der Waals surface area contributed by atoms with Crippen molar-refractivity contribution in [1.29, 1.82) is 0 Å². The lowest BCUT2D eigenvalue weighted by molar-refractivity contribution is -0.161. The molecule has 1 N–H and O–H groups in total. The van der Waals surface area contributed by atoms with Crippen LogP contribution in [0.3, 0.4) is 0 Å². The maximum Gasteiger partial charge on any atom is 0.306 e. The summed E-state index contributed by atoms with van der Waals surface area (Å²) in [7, 11) is 0. The number of carbonyl (C=O) groups is 2. The van der Waals surface area contributed by atoms with Crippen molar-refractivity contribution in [1.82, 2.24) is 0 Å². The summed E-state index contributed by atoms with van der Waals surface area (Å²) < 4.78 is 10.7. The summed E-state index contributed by atoms with van der Waals surface area (Å²) in [4.78, 5) is 24.4. The Balaban J connectivity index is 3.54. The van der Waals surface area contributed by atoms with Crippen LogP contribution in [0.25, 0.3) is 0 Å². The second-order valence-corrected chi connectivity index (χ2v) is 15.8. The smallest absolute Gasteiger partial charge is 0.306 e. The minimum Gasteiger partial charge on any atom is -0.462 e. The number of hydrogen-bond donors (Lipinski definition) is 1. The Morgan fingerprint density at radius 1 is 0.429 bits per heavy atom. The van der Waals surface area contributed by atoms with Crippen LogP contribution in [0.4, 0.5) is 0 Å². The predicted octanol–water partition coefficient (Wildman–Crippen LogP) is 15.5. The first kappa shape index (κ1) is 53.6. The van der Waals surface area contributed by atoms with Gasteiger partial charge in [0.05, 0.1) is 6.61 Å². The largest absolute Gasteiger partial charge is 0.462 e. The van der Waals surface area contributed by atoms with E-state index in [1.807, 2.05) is 0 Å². The molecule has 0 bridgehead atoms. The Morgan fingerprint density at radius 3 is 1.16 bits per heavy atom. The van der Waals surface area contributed by atoms with Crippen LogP contribution in [0.15, 0.2) is 60.8 Å². The molecule has 0 aromatic heterocycles. The molecule has 0 fully saturated rings. The van der Waals surface area contributed by atoms with Crippen molar-refractivity contribution in [3.63, 3.8) is 0 Å². The van der Waals surface area contributed by atoms with E-state index in [9.17, 15) is 14.7 Å². The number of carbonyl (C=O) groups excluding carboxylic acids is 2. The molecule has 324 valence electrons. The lowest BCUT2D eigenvalue weighted by atomic mass is 10.0. The average Bonchev–Trinajstić information content (AvgIpc) is 3.20. The Labute approximate surface area is 347 Å². The zero-order valence-electron chi connectivity index (χ0n) is 36.9. The summed E-state index contributed by atoms with van der Waals surface area (Å²) in [6.45, 7) is 4.04. The van der Waals surface area contributed by atoms with E-state index in [-0.39, 0.29) is 25.2 Å². The van der Waals surface area contributed by atoms with Gasteiger partial charge in [-0.25, -0.2) is 0 Å². The van der Waals surface area contributed by atoms with E-state index in [0.29, 0.717) is 12.8 Å². The molecule has 0 spiro atoms. The minimum absolute atomic E-state index is 0.0696. The van der Waals surface area contributed by atoms with Gasteiger partial charge in [0.1, 0.15) is 6.61 Å². The lowest BCUT2D eigenvalue weighted by Crippen LogP contribution is -2.28. The summed E-state index contributed by atoms with van der Waals surface area (Å²) in [6.07, 6.45) is 61.6. The fraction of sp³-hybridized carbons (Fsp3) is 0.765. The topological polar surface area (TPSA) is 72.8 Å². The molecule has 56 heavy (non-hydrogen) atoms. The molecular weight excluding hydrogens is 693 g/mol. The van der Waals surface area contributed by atoms with E-state index in [4.69, 9.17) is 9.47 Å². The van der Waals surface area contributed by atoms with Crippen LogP contribution in [-0.2, 0) is 19.1 Å². The molecule has 0 amide bonds. The van der Waals surface area contributed by atoms with E-state index < -0.39 is 6.10 Å². The Kier molecular flexibility index (Phi) is 45.0. The molecule has 0 aliphatic carbocycles. The number of hydrogen-bond acceptors (Lipinski definition) is 5. The third-order valence-corrected chi connectivity index (χ3v) is 10.3. The van der Waals surface area contributed by atoms with Crippen molar-refractivity contribution in [2.45, 2.75) is 238 Å². The normalized spacial score (nSPS) is 12.7. The quantitative estimate of drug-likeness (QED) is 0.0379. The number of rotatable bonds is 43. The van der Waals surface area contributed by atoms with Crippen molar-refractivity contribution < 1.29 is 24.2 Å². The van der Waals surface area contributed by atoms with Crippen LogP contribution in [0.1, 0.15) is 232 Å². The SMILES string of the molecule is CC/C=C\C/C=C\C/C=C\C/C=C\C/C=C\CCCCCCCCCC(=O)OC(CO)COC(=O)CCCCCCCCCCCCCCCCCCCCC. The van der Waals surface area contributed by atoms with Crippen molar-refractivity contribution in [3.05, 3.63) is 60.8 Å². The first-order chi connectivity index (χ1) is 27.6. The monoisotopic (exact) mass is 783 g/mol. The maximum atomic E-state index is 12.2. The molecule has 5 nitrogen and oxygen atoms in total. The molecule has 0 aromatic carbocycles. The molecule has 0 aliphatic rings. The second-order valence-electron chi connectivity index (χ2n) is 15.8. The fourth-order valence-corrected chi connectivity index (χ4v) is 6.76. The van der Waals surface area contributed by atoms with Gasteiger partial charge in [-0.2, -0.15) is 0 Å². The molecule has 1 unspecified atom stereocenters. The third kappa shape index (κ3) is 44.3. The zero-order valence-corrected chi connectivity index (χ0v) is 36.9. The van der Waals surface area contributed by atoms with E-state index in [1.165, 1.54) is 128 Å². The average molecular weight is 783 g/mol. The summed E-state index contributed by atoms with van der Waals surface area (Å²) in [5.41, 5.74) is 0. The summed E-state index contributed by atoms with van der Waals surface area (Å²) in [5, 5.41) is 9.61. The minimum atomic E-state index is -0.778. The maximum absolute atomic E-state index is 12.2. The summed E-state index contributed by atoms with van der Waals surface area (Å²) >= 11 is 0. The van der Waals surface area contributed by atoms with Crippen molar-refractivity contribution in [3.8, 4) is 0 Å². The lowest BCUT2D eigenvalue weighted by Gasteiger charge is -2.15. The van der Waals surface area contributed by atoms with Gasteiger partial charge in [-0.3, -0.25) is 9.59 Å². The zero-order chi connectivity index (χ0) is 40.7. The molecule has 0 rings (SSSR count). The van der Waals surface area contributed by atoms with E-state index >= 15 is 0 Å². The number of aliphatic hydroxyl groups is 1. The van der Waals surface area contributed by atoms with Gasteiger partial charge in [-0.1, -0.05) is 222 Å². The van der Waals surface area contributed by atoms with E-state index in [1.54, 1.807) is 0 Å². The number of ether oxygens (including phenoxy) is 2. The molecule has 0 heterocycles. The molecule has 5 heteroatoms. The van der Waals surface area contributed by atoms with Gasteiger partial charge in [0, 0.05) is 12.8 Å². The number of aliphatic hydroxyl groups excluding tert-OH is 1. The van der Waals surface area contributed by atoms with Gasteiger partial charge in [0.25, 0.3) is 0 Å². The van der Waals surface area contributed by atoms with Crippen LogP contribution in [0, 0.1) is 0 Å². The Hall–Kier alpha value is -2.40. The number of unbranched alkanes of at least 4 members (excludes halogenated alkanes) is 25. The van der Waals surface area contributed by atoms with Crippen LogP contribution in [-0.4, -0.2) is 36.4 Å². The van der Waals surface area contributed by atoms with Crippen LogP contribution in [0.2, 0.25) is 0 Å². The highest BCUT2D eigenvalue weighted by Crippen LogP contribution is 2.16. The predicted molar refractivity (Wildman–Crippen MR) is 242 cm³/mol. The number of allylic oxidation sites excluding steroid dienone is 10. The van der Waals surface area contributed by atoms with Crippen molar-refractivity contribution in [2.75, 3.05) is 13.2 Å². The fourth-order valence-electron chi connectivity index (χ4n) is 6.76. The van der Waals surface area contributed by atoms with Crippen LogP contribution < -0.4 is 0 Å². The van der Waals surface area contributed by atoms with Crippen LogP contribution >= 0.6 is 0 Å². The highest BCUT2D eigenvalue weighted by Gasteiger charge is 2.16. The Morgan fingerprint density at radius 2 is 0.768 bits per heavy atom. The molecule has 0 radical (unpaired) electrons. The van der Waals surface area contributed by atoms with E-state index in [0.717, 1.165) is 77.0 Å². The van der Waals surface area contributed by atoms with Gasteiger partial charge < -0.3 is 14.6 Å². The van der Waals surface area contributed by atoms with Crippen molar-refractivity contribution in [2.24, 2.45) is 0 Å². The third-order valence-electron chi connectivity index (χ3n) is 10.3. The molecule has 0 saturated heterocycles. The molecule has 1 atom stereocenters. The van der Waals surface area contributed by atoms with Crippen LogP contribution in [0.5, 0.6) is 0 Å². The van der Waals surface area contributed by atoms with Gasteiger partial charge in [-0.05, 0) is 57.8 Å². The molecular formula is C51H90O5. The van der Waals surface area contributed by atoms with Gasteiger partial charge in [0.2, 0.25) is 0 Å². The summed E-state index contributed by atoms with van der Waals surface area (Å²) in [6, 6.07) is 0. The first-order valence-corrected chi connectivity index (χ1v) is 23.8. The highest BCUT2D eigenvalue weighted by molar-refractivity contribution is 5.70. The molecule has 0 aliphatic heterocycles. The second kappa shape index (κ2) is 47.0. The van der Waals surface area contributed by atoms with Gasteiger partial charge in [0.15, 0.2) is 6.10 Å². The number of esters is 2. The molecule has 0 aromatic rings. The standard InChI is InChI=1S/C51H90O5/c1-3-5-7-9-11-13-15-17-19-21-23-24-25-26-28-30-32-34-36-38-40-42-44-46-51(54)56-49(47-52)48-55-50(53)45-43-41-39-37-35-33-31-29-27-22-20-18-16-14-12-10-8-6-4-2/h5,7,11,13,17,19,23-24,26,28,49,52H,3-4,6,8-10,12,14-16,18,20-22,25,27,29-48H2,1-2H3/b7-5-,13-11-,19-17-,24-23-,28-26-. The summed E-state index contributed by atoms with van der Waals surface area (Å²) in [5.74, 6) is -0.597. The van der Waals surface area contributed by atoms with E-state index in [2.05, 4.69) is 74.6 Å². The van der Waals surface area contributed by atoms with Crippen molar-refractivity contribution >= 4 is 11.9 Å².